The molecule has 186 valence electrons. The zero-order valence-corrected chi connectivity index (χ0v) is 20.8. The van der Waals surface area contributed by atoms with Crippen molar-refractivity contribution in [2.75, 3.05) is 10.0 Å². The number of nitrogens with one attached hydrogen (secondary N) is 2. The van der Waals surface area contributed by atoms with Crippen molar-refractivity contribution in [2.24, 2.45) is 0 Å². The van der Waals surface area contributed by atoms with Gasteiger partial charge in [-0.3, -0.25) is 9.52 Å². The highest BCUT2D eigenvalue weighted by Gasteiger charge is 2.19. The van der Waals surface area contributed by atoms with Gasteiger partial charge in [-0.25, -0.2) is 18.1 Å². The van der Waals surface area contributed by atoms with Crippen molar-refractivity contribution >= 4 is 49.2 Å². The Morgan fingerprint density at radius 3 is 1.97 bits per heavy atom. The van der Waals surface area contributed by atoms with E-state index in [2.05, 4.69) is 20.1 Å². The number of sulfonamides is 1. The van der Waals surface area contributed by atoms with Gasteiger partial charge in [0, 0.05) is 22.5 Å². The van der Waals surface area contributed by atoms with E-state index in [9.17, 15) is 13.2 Å². The molecule has 0 spiro atoms. The highest BCUT2D eigenvalue weighted by molar-refractivity contribution is 7.92. The van der Waals surface area contributed by atoms with Gasteiger partial charge in [-0.15, -0.1) is 0 Å². The fraction of sp³-hybridized carbons (Fsp3) is 0. The van der Waals surface area contributed by atoms with Gasteiger partial charge in [0.15, 0.2) is 0 Å². The number of carbonyl (C=O) groups excluding carboxylic acids is 1. The molecule has 0 bridgehead atoms. The van der Waals surface area contributed by atoms with Crippen molar-refractivity contribution < 1.29 is 13.2 Å². The second kappa shape index (κ2) is 9.45. The number of pyridine rings is 1. The minimum absolute atomic E-state index is 0.0520. The predicted molar refractivity (Wildman–Crippen MR) is 148 cm³/mol. The maximum absolute atomic E-state index is 13.4. The zero-order chi connectivity index (χ0) is 26.1. The van der Waals surface area contributed by atoms with E-state index in [4.69, 9.17) is 0 Å². The minimum Gasteiger partial charge on any atom is -0.322 e. The number of aromatic nitrogens is 3. The second-order valence-corrected chi connectivity index (χ2v) is 10.3. The average molecular weight is 520 g/mol. The van der Waals surface area contributed by atoms with Crippen LogP contribution in [0.5, 0.6) is 0 Å². The molecular weight excluding hydrogens is 498 g/mol. The molecule has 4 aromatic carbocycles. The highest BCUT2D eigenvalue weighted by atomic mass is 32.2. The third-order valence-corrected chi connectivity index (χ3v) is 7.49. The van der Waals surface area contributed by atoms with Crippen molar-refractivity contribution in [3.05, 3.63) is 121 Å². The summed E-state index contributed by atoms with van der Waals surface area (Å²) < 4.78 is 30.3. The van der Waals surface area contributed by atoms with Crippen molar-refractivity contribution in [2.45, 2.75) is 4.90 Å². The van der Waals surface area contributed by atoms with Crippen LogP contribution in [0.3, 0.4) is 0 Å². The van der Waals surface area contributed by atoms with Crippen LogP contribution >= 0.6 is 0 Å². The van der Waals surface area contributed by atoms with Crippen molar-refractivity contribution in [1.82, 2.24) is 14.8 Å². The summed E-state index contributed by atoms with van der Waals surface area (Å²) in [7, 11) is -3.90. The highest BCUT2D eigenvalue weighted by Crippen LogP contribution is 2.27. The first-order chi connectivity index (χ1) is 18.5. The Morgan fingerprint density at radius 1 is 0.711 bits per heavy atom. The molecule has 0 unspecified atom stereocenters. The SMILES string of the molecule is O=C(Nc1ccc(S(=O)(=O)Nc2ccnn2-c2ccccc2)cc1)c1c2ccccc2nc2ccccc12. The monoisotopic (exact) mass is 519 g/mol. The Labute approximate surface area is 218 Å². The molecule has 9 heteroatoms. The molecule has 0 aliphatic rings. The number of hydrogen-bond acceptors (Lipinski definition) is 5. The second-order valence-electron chi connectivity index (χ2n) is 8.57. The fourth-order valence-corrected chi connectivity index (χ4v) is 5.39. The molecule has 6 aromatic rings. The molecule has 0 aliphatic heterocycles. The predicted octanol–water partition coefficient (Wildman–Crippen LogP) is 5.63. The molecule has 0 saturated carbocycles. The molecule has 0 radical (unpaired) electrons. The van der Waals surface area contributed by atoms with Crippen LogP contribution < -0.4 is 10.0 Å². The Balaban J connectivity index is 1.26. The summed E-state index contributed by atoms with van der Waals surface area (Å²) >= 11 is 0. The maximum Gasteiger partial charge on any atom is 0.263 e. The van der Waals surface area contributed by atoms with Crippen LogP contribution in [0.4, 0.5) is 11.5 Å². The lowest BCUT2D eigenvalue weighted by Gasteiger charge is -2.13. The zero-order valence-electron chi connectivity index (χ0n) is 19.9. The molecule has 1 amide bonds. The quantitative estimate of drug-likeness (QED) is 0.278. The Morgan fingerprint density at radius 2 is 1.32 bits per heavy atom. The Hall–Kier alpha value is -5.02. The molecule has 38 heavy (non-hydrogen) atoms. The molecule has 8 nitrogen and oxygen atoms in total. The molecule has 0 aliphatic carbocycles. The lowest BCUT2D eigenvalue weighted by molar-refractivity contribution is 0.102. The van der Waals surface area contributed by atoms with E-state index in [0.29, 0.717) is 17.1 Å². The van der Waals surface area contributed by atoms with E-state index >= 15 is 0 Å². The number of nitrogens with zero attached hydrogens (tertiary/aromatic N) is 3. The van der Waals surface area contributed by atoms with Gasteiger partial charge >= 0.3 is 0 Å². The topological polar surface area (TPSA) is 106 Å². The third-order valence-electron chi connectivity index (χ3n) is 6.12. The van der Waals surface area contributed by atoms with Gasteiger partial charge in [0.05, 0.1) is 33.4 Å². The van der Waals surface area contributed by atoms with Crippen molar-refractivity contribution in [3.8, 4) is 5.69 Å². The molecule has 2 N–H and O–H groups in total. The number of amides is 1. The largest absolute Gasteiger partial charge is 0.322 e. The first kappa shape index (κ1) is 23.4. The van der Waals surface area contributed by atoms with Crippen LogP contribution in [-0.4, -0.2) is 29.1 Å². The summed E-state index contributed by atoms with van der Waals surface area (Å²) in [6.45, 7) is 0. The Bertz CT molecular complexity index is 1850. The van der Waals surface area contributed by atoms with Gasteiger partial charge in [0.2, 0.25) is 0 Å². The summed E-state index contributed by atoms with van der Waals surface area (Å²) in [6, 6.07) is 31.8. The van der Waals surface area contributed by atoms with E-state index in [-0.39, 0.29) is 10.8 Å². The fourth-order valence-electron chi connectivity index (χ4n) is 4.35. The van der Waals surface area contributed by atoms with Crippen molar-refractivity contribution in [1.29, 1.82) is 0 Å². The van der Waals surface area contributed by atoms with E-state index < -0.39 is 10.0 Å². The van der Waals surface area contributed by atoms with E-state index in [0.717, 1.165) is 27.5 Å². The standard InChI is InChI=1S/C29H21N5O3S/c35-29(28-23-10-4-6-12-25(23)32-26-13-7-5-11-24(26)28)31-20-14-16-22(17-15-20)38(36,37)33-27-18-19-30-34(27)21-8-2-1-3-9-21/h1-19,33H,(H,31,35). The van der Waals surface area contributed by atoms with Gasteiger partial charge in [0.25, 0.3) is 15.9 Å². The average Bonchev–Trinajstić information content (AvgIpc) is 3.39. The number of rotatable bonds is 6. The van der Waals surface area contributed by atoms with Crippen LogP contribution in [0.25, 0.3) is 27.5 Å². The normalized spacial score (nSPS) is 11.5. The van der Waals surface area contributed by atoms with E-state index in [1.54, 1.807) is 18.2 Å². The molecule has 2 heterocycles. The number of fused-ring (bicyclic) bond motifs is 2. The van der Waals surface area contributed by atoms with Crippen LogP contribution in [-0.2, 0) is 10.0 Å². The van der Waals surface area contributed by atoms with Crippen LogP contribution in [0, 0.1) is 0 Å². The number of carbonyl (C=O) groups is 1. The molecule has 2 aromatic heterocycles. The van der Waals surface area contributed by atoms with Crippen LogP contribution in [0.1, 0.15) is 10.4 Å². The molecule has 6 rings (SSSR count). The van der Waals surface area contributed by atoms with Gasteiger partial charge in [-0.1, -0.05) is 54.6 Å². The smallest absolute Gasteiger partial charge is 0.263 e. The number of anilines is 2. The molecule has 0 saturated heterocycles. The third kappa shape index (κ3) is 4.35. The Kier molecular flexibility index (Phi) is 5.82. The number of benzene rings is 4. The van der Waals surface area contributed by atoms with Gasteiger partial charge in [-0.05, 0) is 48.5 Å². The summed E-state index contributed by atoms with van der Waals surface area (Å²) in [5.74, 6) is 0.00492. The minimum atomic E-state index is -3.90. The first-order valence-electron chi connectivity index (χ1n) is 11.8. The van der Waals surface area contributed by atoms with Gasteiger partial charge < -0.3 is 5.32 Å². The van der Waals surface area contributed by atoms with Crippen LogP contribution in [0.15, 0.2) is 120 Å². The van der Waals surface area contributed by atoms with E-state index in [1.807, 2.05) is 78.9 Å². The van der Waals surface area contributed by atoms with Gasteiger partial charge in [0.1, 0.15) is 5.82 Å². The number of hydrogen-bond donors (Lipinski definition) is 2. The molecular formula is C29H21N5O3S. The summed E-state index contributed by atoms with van der Waals surface area (Å²) in [5, 5.41) is 8.60. The summed E-state index contributed by atoms with van der Waals surface area (Å²) in [6.07, 6.45) is 1.52. The number of para-hydroxylation sites is 3. The summed E-state index contributed by atoms with van der Waals surface area (Å²) in [4.78, 5) is 18.1. The van der Waals surface area contributed by atoms with Crippen LogP contribution in [0.2, 0.25) is 0 Å². The molecule has 0 atom stereocenters. The summed E-state index contributed by atoms with van der Waals surface area (Å²) in [5.41, 5.74) is 3.15. The maximum atomic E-state index is 13.4. The van der Waals surface area contributed by atoms with E-state index in [1.165, 1.54) is 23.0 Å². The molecule has 0 fully saturated rings. The lowest BCUT2D eigenvalue weighted by atomic mass is 10.0. The lowest BCUT2D eigenvalue weighted by Crippen LogP contribution is -2.16. The van der Waals surface area contributed by atoms with Gasteiger partial charge in [-0.2, -0.15) is 5.10 Å². The first-order valence-corrected chi connectivity index (χ1v) is 13.3. The van der Waals surface area contributed by atoms with Crippen molar-refractivity contribution in [3.63, 3.8) is 0 Å².